The van der Waals surface area contributed by atoms with Crippen LogP contribution in [0, 0.1) is 0 Å². The SMILES string of the molecule is CC/C=C\C/C=C\C/C=C\C/C=C\C/C=C\CCCC(=O)OC(COC(=O)CCCCCCC/C=C\CCCCCC)COC(=O)CCCCCCCCCCCCCCCCCCCC. The molecule has 0 aromatic carbocycles. The lowest BCUT2D eigenvalue weighted by Gasteiger charge is -2.18. The van der Waals surface area contributed by atoms with Gasteiger partial charge in [-0.3, -0.25) is 14.4 Å². The molecule has 66 heavy (non-hydrogen) atoms. The second-order valence-corrected chi connectivity index (χ2v) is 18.5. The predicted octanol–water partition coefficient (Wildman–Crippen LogP) is 18.6. The van der Waals surface area contributed by atoms with Crippen LogP contribution >= 0.6 is 0 Å². The van der Waals surface area contributed by atoms with Crippen LogP contribution in [-0.4, -0.2) is 37.2 Å². The first-order valence-corrected chi connectivity index (χ1v) is 27.9. The van der Waals surface area contributed by atoms with E-state index in [1.54, 1.807) is 0 Å². The van der Waals surface area contributed by atoms with Crippen molar-refractivity contribution in [1.82, 2.24) is 0 Å². The van der Waals surface area contributed by atoms with Crippen LogP contribution in [0.4, 0.5) is 0 Å². The topological polar surface area (TPSA) is 78.9 Å². The maximum absolute atomic E-state index is 12.8. The highest BCUT2D eigenvalue weighted by molar-refractivity contribution is 5.71. The second-order valence-electron chi connectivity index (χ2n) is 18.5. The van der Waals surface area contributed by atoms with Gasteiger partial charge in [0.1, 0.15) is 13.2 Å². The normalized spacial score (nSPS) is 12.6. The molecule has 6 heteroatoms. The second kappa shape index (κ2) is 54.5. The average Bonchev–Trinajstić information content (AvgIpc) is 3.31. The fourth-order valence-electron chi connectivity index (χ4n) is 7.77. The first-order chi connectivity index (χ1) is 32.5. The number of carbonyl (C=O) groups is 3. The maximum atomic E-state index is 12.8. The van der Waals surface area contributed by atoms with Gasteiger partial charge in [0.05, 0.1) is 0 Å². The molecular formula is C60H104O6. The highest BCUT2D eigenvalue weighted by atomic mass is 16.6. The van der Waals surface area contributed by atoms with Gasteiger partial charge >= 0.3 is 17.9 Å². The van der Waals surface area contributed by atoms with E-state index in [0.29, 0.717) is 19.3 Å². The molecule has 0 amide bonds. The molecule has 0 aliphatic rings. The molecule has 0 aromatic rings. The third kappa shape index (κ3) is 51.8. The van der Waals surface area contributed by atoms with Crippen molar-refractivity contribution >= 4 is 17.9 Å². The van der Waals surface area contributed by atoms with E-state index in [1.807, 2.05) is 0 Å². The Morgan fingerprint density at radius 1 is 0.318 bits per heavy atom. The Labute approximate surface area is 408 Å². The molecule has 0 rings (SSSR count). The molecule has 0 N–H and O–H groups in total. The number of rotatable bonds is 50. The molecule has 0 saturated heterocycles. The Bertz CT molecular complexity index is 1240. The monoisotopic (exact) mass is 921 g/mol. The fourth-order valence-corrected chi connectivity index (χ4v) is 7.77. The van der Waals surface area contributed by atoms with Crippen LogP contribution in [0.25, 0.3) is 0 Å². The number of hydrogen-bond acceptors (Lipinski definition) is 6. The van der Waals surface area contributed by atoms with Crippen molar-refractivity contribution in [1.29, 1.82) is 0 Å². The quantitative estimate of drug-likeness (QED) is 0.0262. The van der Waals surface area contributed by atoms with Crippen molar-refractivity contribution in [2.24, 2.45) is 0 Å². The Morgan fingerprint density at radius 2 is 0.606 bits per heavy atom. The van der Waals surface area contributed by atoms with Crippen LogP contribution in [-0.2, 0) is 28.6 Å². The van der Waals surface area contributed by atoms with Crippen molar-refractivity contribution in [3.8, 4) is 0 Å². The summed E-state index contributed by atoms with van der Waals surface area (Å²) in [6.45, 7) is 6.48. The van der Waals surface area contributed by atoms with E-state index in [1.165, 1.54) is 141 Å². The minimum atomic E-state index is -0.806. The summed E-state index contributed by atoms with van der Waals surface area (Å²) in [7, 11) is 0. The molecule has 1 atom stereocenters. The standard InChI is InChI=1S/C60H104O6/c1-4-7-10-13-16-19-22-25-27-29-31-32-35-38-41-44-47-50-53-59(62)65-56-57(55-64-58(61)52-49-46-43-40-37-34-24-21-18-15-12-9-6-3)66-60(63)54-51-48-45-42-39-36-33-30-28-26-23-20-17-14-11-8-5-2/h8,11,17,20-21,24,26,28,33,36,42,45,57H,4-7,9-10,12-16,18-19,22-23,25,27,29-32,34-35,37-41,43-44,46-56H2,1-3H3/b11-8-,20-17-,24-21-,28-26-,36-33-,45-42-. The van der Waals surface area contributed by atoms with Crippen LogP contribution in [0.15, 0.2) is 72.9 Å². The van der Waals surface area contributed by atoms with Crippen molar-refractivity contribution in [3.63, 3.8) is 0 Å². The van der Waals surface area contributed by atoms with Crippen molar-refractivity contribution in [2.45, 2.75) is 277 Å². The van der Waals surface area contributed by atoms with Gasteiger partial charge in [-0.25, -0.2) is 0 Å². The van der Waals surface area contributed by atoms with Gasteiger partial charge in [0, 0.05) is 19.3 Å². The molecule has 0 fully saturated rings. The summed E-state index contributed by atoms with van der Waals surface area (Å²) >= 11 is 0. The molecule has 6 nitrogen and oxygen atoms in total. The van der Waals surface area contributed by atoms with Gasteiger partial charge in [-0.2, -0.15) is 0 Å². The summed E-state index contributed by atoms with van der Waals surface area (Å²) < 4.78 is 16.8. The molecule has 0 heterocycles. The lowest BCUT2D eigenvalue weighted by Crippen LogP contribution is -2.30. The molecule has 380 valence electrons. The Hall–Kier alpha value is -3.15. The van der Waals surface area contributed by atoms with Crippen LogP contribution < -0.4 is 0 Å². The smallest absolute Gasteiger partial charge is 0.306 e. The molecule has 0 bridgehead atoms. The van der Waals surface area contributed by atoms with Crippen molar-refractivity contribution < 1.29 is 28.6 Å². The first-order valence-electron chi connectivity index (χ1n) is 27.9. The molecule has 1 unspecified atom stereocenters. The zero-order chi connectivity index (χ0) is 47.9. The number of esters is 3. The van der Waals surface area contributed by atoms with Gasteiger partial charge in [0.25, 0.3) is 0 Å². The minimum Gasteiger partial charge on any atom is -0.462 e. The van der Waals surface area contributed by atoms with Gasteiger partial charge < -0.3 is 14.2 Å². The summed E-state index contributed by atoms with van der Waals surface area (Å²) in [6.07, 6.45) is 69.0. The van der Waals surface area contributed by atoms with E-state index in [0.717, 1.165) is 83.5 Å². The average molecular weight is 921 g/mol. The highest BCUT2D eigenvalue weighted by Gasteiger charge is 2.19. The zero-order valence-corrected chi connectivity index (χ0v) is 43.4. The van der Waals surface area contributed by atoms with Crippen LogP contribution in [0.5, 0.6) is 0 Å². The molecule has 0 radical (unpaired) electrons. The van der Waals surface area contributed by atoms with Crippen LogP contribution in [0.1, 0.15) is 271 Å². The summed E-state index contributed by atoms with van der Waals surface area (Å²) in [4.78, 5) is 38.1. The summed E-state index contributed by atoms with van der Waals surface area (Å²) in [5.74, 6) is -0.959. The summed E-state index contributed by atoms with van der Waals surface area (Å²) in [5, 5.41) is 0. The van der Waals surface area contributed by atoms with E-state index in [-0.39, 0.29) is 37.5 Å². The number of unbranched alkanes of at least 4 members (excludes halogenated alkanes) is 27. The lowest BCUT2D eigenvalue weighted by atomic mass is 10.0. The number of allylic oxidation sites excluding steroid dienone is 12. The predicted molar refractivity (Wildman–Crippen MR) is 284 cm³/mol. The van der Waals surface area contributed by atoms with E-state index in [2.05, 4.69) is 93.7 Å². The molecule has 0 aliphatic carbocycles. The molecule has 0 aromatic heterocycles. The number of carbonyl (C=O) groups excluding carboxylic acids is 3. The summed E-state index contributed by atoms with van der Waals surface area (Å²) in [6, 6.07) is 0. The third-order valence-corrected chi connectivity index (χ3v) is 11.9. The number of ether oxygens (including phenoxy) is 3. The molecule has 0 aliphatic heterocycles. The highest BCUT2D eigenvalue weighted by Crippen LogP contribution is 2.16. The fraction of sp³-hybridized carbons (Fsp3) is 0.750. The van der Waals surface area contributed by atoms with Gasteiger partial charge in [0.15, 0.2) is 6.10 Å². The van der Waals surface area contributed by atoms with Gasteiger partial charge in [0.2, 0.25) is 0 Å². The Balaban J connectivity index is 4.44. The van der Waals surface area contributed by atoms with Crippen molar-refractivity contribution in [3.05, 3.63) is 72.9 Å². The third-order valence-electron chi connectivity index (χ3n) is 11.9. The lowest BCUT2D eigenvalue weighted by molar-refractivity contribution is -0.167. The van der Waals surface area contributed by atoms with Crippen LogP contribution in [0.3, 0.4) is 0 Å². The Kier molecular flexibility index (Phi) is 51.9. The van der Waals surface area contributed by atoms with Gasteiger partial charge in [-0.1, -0.05) is 241 Å². The van der Waals surface area contributed by atoms with Crippen molar-refractivity contribution in [2.75, 3.05) is 13.2 Å². The van der Waals surface area contributed by atoms with Gasteiger partial charge in [-0.15, -0.1) is 0 Å². The van der Waals surface area contributed by atoms with E-state index in [4.69, 9.17) is 14.2 Å². The molecular weight excluding hydrogens is 817 g/mol. The maximum Gasteiger partial charge on any atom is 0.306 e. The van der Waals surface area contributed by atoms with Crippen LogP contribution in [0.2, 0.25) is 0 Å². The zero-order valence-electron chi connectivity index (χ0n) is 43.4. The molecule has 0 spiro atoms. The van der Waals surface area contributed by atoms with E-state index in [9.17, 15) is 14.4 Å². The first kappa shape index (κ1) is 62.8. The largest absolute Gasteiger partial charge is 0.462 e. The van der Waals surface area contributed by atoms with E-state index < -0.39 is 6.10 Å². The van der Waals surface area contributed by atoms with E-state index >= 15 is 0 Å². The number of hydrogen-bond donors (Lipinski definition) is 0. The minimum absolute atomic E-state index is 0.0984. The Morgan fingerprint density at radius 3 is 1.00 bits per heavy atom. The summed E-state index contributed by atoms with van der Waals surface area (Å²) in [5.41, 5.74) is 0. The van der Waals surface area contributed by atoms with Gasteiger partial charge in [-0.05, 0) is 83.5 Å². The molecule has 0 saturated carbocycles.